The smallest absolute Gasteiger partial charge is 0.245 e. The molecule has 1 aromatic carbocycles. The first kappa shape index (κ1) is 17.6. The molecule has 2 aliphatic heterocycles. The van der Waals surface area contributed by atoms with E-state index >= 15 is 0 Å². The van der Waals surface area contributed by atoms with Gasteiger partial charge in [-0.2, -0.15) is 0 Å². The first-order valence-electron chi connectivity index (χ1n) is 9.05. The molecule has 1 atom stereocenters. The number of rotatable bonds is 6. The maximum absolute atomic E-state index is 13.1. The number of fused-ring (bicyclic) bond motifs is 1. The van der Waals surface area contributed by atoms with Crippen LogP contribution in [-0.2, 0) is 16.1 Å². The van der Waals surface area contributed by atoms with Crippen LogP contribution in [0.5, 0.6) is 11.5 Å². The standard InChI is InChI=1S/C19H26N2O4/c1-3-4-10-20(19(23)16-8-6-11-21(16)14(2)22)12-15-7-5-9-17-18(15)25-13-24-17/h5,7,9,16H,3-4,6,8,10-13H2,1-2H3/t16-/m0/s1. The Bertz CT molecular complexity index is 646. The topological polar surface area (TPSA) is 59.1 Å². The Morgan fingerprint density at radius 3 is 2.92 bits per heavy atom. The summed E-state index contributed by atoms with van der Waals surface area (Å²) in [7, 11) is 0. The van der Waals surface area contributed by atoms with Crippen LogP contribution in [0.1, 0.15) is 45.1 Å². The average molecular weight is 346 g/mol. The summed E-state index contributed by atoms with van der Waals surface area (Å²) in [6, 6.07) is 5.43. The van der Waals surface area contributed by atoms with E-state index in [1.54, 1.807) is 4.90 Å². The first-order chi connectivity index (χ1) is 12.1. The Morgan fingerprint density at radius 1 is 1.32 bits per heavy atom. The monoisotopic (exact) mass is 346 g/mol. The van der Waals surface area contributed by atoms with Gasteiger partial charge in [-0.25, -0.2) is 0 Å². The predicted molar refractivity (Wildman–Crippen MR) is 93.3 cm³/mol. The number of hydrogen-bond acceptors (Lipinski definition) is 4. The van der Waals surface area contributed by atoms with Crippen LogP contribution in [-0.4, -0.2) is 47.5 Å². The van der Waals surface area contributed by atoms with Crippen molar-refractivity contribution in [2.45, 2.75) is 52.1 Å². The number of hydrogen-bond donors (Lipinski definition) is 0. The number of likely N-dealkylation sites (tertiary alicyclic amines) is 1. The van der Waals surface area contributed by atoms with Crippen molar-refractivity contribution in [3.63, 3.8) is 0 Å². The van der Waals surface area contributed by atoms with Crippen molar-refractivity contribution < 1.29 is 19.1 Å². The van der Waals surface area contributed by atoms with E-state index in [1.165, 1.54) is 6.92 Å². The van der Waals surface area contributed by atoms with Crippen LogP contribution in [0.4, 0.5) is 0 Å². The number of amides is 2. The summed E-state index contributed by atoms with van der Waals surface area (Å²) >= 11 is 0. The lowest BCUT2D eigenvalue weighted by Gasteiger charge is -2.30. The van der Waals surface area contributed by atoms with Crippen molar-refractivity contribution >= 4 is 11.8 Å². The summed E-state index contributed by atoms with van der Waals surface area (Å²) in [5, 5.41) is 0. The third-order valence-corrected chi connectivity index (χ3v) is 4.87. The Labute approximate surface area is 148 Å². The van der Waals surface area contributed by atoms with Gasteiger partial charge in [-0.1, -0.05) is 25.5 Å². The zero-order valence-corrected chi connectivity index (χ0v) is 15.0. The molecule has 2 amide bonds. The molecule has 0 bridgehead atoms. The number of unbranched alkanes of at least 4 members (excludes halogenated alkanes) is 1. The van der Waals surface area contributed by atoms with E-state index in [-0.39, 0.29) is 24.6 Å². The van der Waals surface area contributed by atoms with E-state index in [4.69, 9.17) is 9.47 Å². The molecule has 1 fully saturated rings. The van der Waals surface area contributed by atoms with Gasteiger partial charge in [-0.15, -0.1) is 0 Å². The molecule has 0 spiro atoms. The van der Waals surface area contributed by atoms with E-state index in [1.807, 2.05) is 23.1 Å². The molecule has 6 nitrogen and oxygen atoms in total. The van der Waals surface area contributed by atoms with E-state index < -0.39 is 0 Å². The van der Waals surface area contributed by atoms with Crippen LogP contribution in [0, 0.1) is 0 Å². The zero-order valence-electron chi connectivity index (χ0n) is 15.0. The maximum Gasteiger partial charge on any atom is 0.245 e. The number of carbonyl (C=O) groups is 2. The molecule has 0 N–H and O–H groups in total. The fourth-order valence-electron chi connectivity index (χ4n) is 3.55. The van der Waals surface area contributed by atoms with Gasteiger partial charge >= 0.3 is 0 Å². The average Bonchev–Trinajstić information content (AvgIpc) is 3.26. The van der Waals surface area contributed by atoms with Gasteiger partial charge in [0.25, 0.3) is 0 Å². The molecule has 0 unspecified atom stereocenters. The Morgan fingerprint density at radius 2 is 2.16 bits per heavy atom. The largest absolute Gasteiger partial charge is 0.454 e. The minimum atomic E-state index is -0.330. The van der Waals surface area contributed by atoms with Crippen LogP contribution in [0.3, 0.4) is 0 Å². The third-order valence-electron chi connectivity index (χ3n) is 4.87. The molecule has 0 saturated carbocycles. The van der Waals surface area contributed by atoms with Crippen molar-refractivity contribution in [1.29, 1.82) is 0 Å². The van der Waals surface area contributed by atoms with Gasteiger partial charge in [0.2, 0.25) is 18.6 Å². The molecule has 2 aliphatic rings. The van der Waals surface area contributed by atoms with Crippen LogP contribution in [0.2, 0.25) is 0 Å². The molecule has 1 aromatic rings. The Kier molecular flexibility index (Phi) is 5.46. The summed E-state index contributed by atoms with van der Waals surface area (Å²) in [6.07, 6.45) is 3.57. The molecule has 0 radical (unpaired) electrons. The minimum absolute atomic E-state index is 0.0244. The van der Waals surface area contributed by atoms with Crippen LogP contribution < -0.4 is 9.47 Å². The summed E-state index contributed by atoms with van der Waals surface area (Å²) < 4.78 is 11.0. The third kappa shape index (κ3) is 3.72. The Balaban J connectivity index is 1.79. The van der Waals surface area contributed by atoms with Crippen molar-refractivity contribution in [2.75, 3.05) is 19.9 Å². The van der Waals surface area contributed by atoms with E-state index in [0.717, 1.165) is 42.7 Å². The minimum Gasteiger partial charge on any atom is -0.454 e. The van der Waals surface area contributed by atoms with E-state index in [2.05, 4.69) is 6.92 Å². The number of carbonyl (C=O) groups excluding carboxylic acids is 2. The number of benzene rings is 1. The van der Waals surface area contributed by atoms with Crippen LogP contribution in [0.25, 0.3) is 0 Å². The lowest BCUT2D eigenvalue weighted by atomic mass is 10.1. The molecule has 0 aliphatic carbocycles. The fourth-order valence-corrected chi connectivity index (χ4v) is 3.55. The highest BCUT2D eigenvalue weighted by Gasteiger charge is 2.35. The van der Waals surface area contributed by atoms with Gasteiger partial charge in [0, 0.05) is 32.1 Å². The van der Waals surface area contributed by atoms with E-state index in [0.29, 0.717) is 19.6 Å². The van der Waals surface area contributed by atoms with Crippen molar-refractivity contribution in [2.24, 2.45) is 0 Å². The summed E-state index contributed by atoms with van der Waals surface area (Å²) in [5.41, 5.74) is 0.951. The Hall–Kier alpha value is -2.24. The van der Waals surface area contributed by atoms with Gasteiger partial charge < -0.3 is 19.3 Å². The normalized spacial score (nSPS) is 18.5. The molecule has 2 heterocycles. The van der Waals surface area contributed by atoms with Crippen LogP contribution in [0.15, 0.2) is 18.2 Å². The highest BCUT2D eigenvalue weighted by Crippen LogP contribution is 2.36. The predicted octanol–water partition coefficient (Wildman–Crippen LogP) is 2.55. The van der Waals surface area contributed by atoms with Gasteiger partial charge in [-0.3, -0.25) is 9.59 Å². The second kappa shape index (κ2) is 7.76. The van der Waals surface area contributed by atoms with Crippen molar-refractivity contribution in [3.8, 4) is 11.5 Å². The fraction of sp³-hybridized carbons (Fsp3) is 0.579. The highest BCUT2D eigenvalue weighted by atomic mass is 16.7. The van der Waals surface area contributed by atoms with Crippen molar-refractivity contribution in [1.82, 2.24) is 9.80 Å². The lowest BCUT2D eigenvalue weighted by molar-refractivity contribution is -0.143. The lowest BCUT2D eigenvalue weighted by Crippen LogP contribution is -2.47. The molecular weight excluding hydrogens is 320 g/mol. The molecule has 0 aromatic heterocycles. The molecule has 6 heteroatoms. The summed E-state index contributed by atoms with van der Waals surface area (Å²) in [4.78, 5) is 28.5. The summed E-state index contributed by atoms with van der Waals surface area (Å²) in [6.45, 7) is 5.70. The van der Waals surface area contributed by atoms with Gasteiger partial charge in [0.15, 0.2) is 11.5 Å². The van der Waals surface area contributed by atoms with Crippen LogP contribution >= 0.6 is 0 Å². The molecule has 25 heavy (non-hydrogen) atoms. The van der Waals surface area contributed by atoms with E-state index in [9.17, 15) is 9.59 Å². The SMILES string of the molecule is CCCCN(Cc1cccc2c1OCO2)C(=O)[C@@H]1CCCN1C(C)=O. The molecule has 136 valence electrons. The van der Waals surface area contributed by atoms with Gasteiger partial charge in [-0.05, 0) is 25.3 Å². The first-order valence-corrected chi connectivity index (χ1v) is 9.05. The highest BCUT2D eigenvalue weighted by molar-refractivity contribution is 5.87. The second-order valence-corrected chi connectivity index (χ2v) is 6.63. The van der Waals surface area contributed by atoms with Gasteiger partial charge in [0.05, 0.1) is 0 Å². The maximum atomic E-state index is 13.1. The number of para-hydroxylation sites is 1. The van der Waals surface area contributed by atoms with Gasteiger partial charge in [0.1, 0.15) is 6.04 Å². The summed E-state index contributed by atoms with van der Waals surface area (Å²) in [5.74, 6) is 1.47. The molecule has 3 rings (SSSR count). The number of ether oxygens (including phenoxy) is 2. The zero-order chi connectivity index (χ0) is 17.8. The molecule has 1 saturated heterocycles. The second-order valence-electron chi connectivity index (χ2n) is 6.63. The molecular formula is C19H26N2O4. The van der Waals surface area contributed by atoms with Crippen molar-refractivity contribution in [3.05, 3.63) is 23.8 Å². The quantitative estimate of drug-likeness (QED) is 0.794. The number of nitrogens with zero attached hydrogens (tertiary/aromatic N) is 2.